The highest BCUT2D eigenvalue weighted by Crippen LogP contribution is 2.30. The number of hydrogen-bond acceptors (Lipinski definition) is 3. The first-order valence-corrected chi connectivity index (χ1v) is 4.03. The monoisotopic (exact) mass is 170 g/mol. The molecule has 0 aromatic carbocycles. The van der Waals surface area contributed by atoms with Crippen molar-refractivity contribution in [3.8, 4) is 0 Å². The Morgan fingerprint density at radius 3 is 2.42 bits per heavy atom. The van der Waals surface area contributed by atoms with Crippen molar-refractivity contribution in [3.63, 3.8) is 0 Å². The summed E-state index contributed by atoms with van der Waals surface area (Å²) in [5, 5.41) is 0. The van der Waals surface area contributed by atoms with Crippen molar-refractivity contribution in [1.82, 2.24) is 0 Å². The topological polar surface area (TPSA) is 35.5 Å². The molecule has 1 aliphatic rings. The van der Waals surface area contributed by atoms with Crippen molar-refractivity contribution in [2.45, 2.75) is 26.9 Å². The molecule has 2 atom stereocenters. The number of carbonyl (C=O) groups excluding carboxylic acids is 1. The molecule has 0 N–H and O–H groups in total. The minimum atomic E-state index is -0.372. The molecular formula is C9H14O3. The lowest BCUT2D eigenvalue weighted by Gasteiger charge is -2.09. The molecule has 68 valence electrons. The van der Waals surface area contributed by atoms with Crippen LogP contribution in [-0.4, -0.2) is 19.2 Å². The Kier molecular flexibility index (Phi) is 2.40. The summed E-state index contributed by atoms with van der Waals surface area (Å²) >= 11 is 0. The second-order valence-corrected chi connectivity index (χ2v) is 3.12. The van der Waals surface area contributed by atoms with Gasteiger partial charge in [-0.15, -0.1) is 0 Å². The van der Waals surface area contributed by atoms with E-state index >= 15 is 0 Å². The molecule has 1 aliphatic heterocycles. The summed E-state index contributed by atoms with van der Waals surface area (Å²) in [7, 11) is 1.36. The molecule has 0 saturated heterocycles. The minimum absolute atomic E-state index is 0.0825. The van der Waals surface area contributed by atoms with Gasteiger partial charge in [-0.25, -0.2) is 4.79 Å². The summed E-state index contributed by atoms with van der Waals surface area (Å²) < 4.78 is 9.92. The fourth-order valence-electron chi connectivity index (χ4n) is 1.24. The van der Waals surface area contributed by atoms with Crippen molar-refractivity contribution < 1.29 is 14.3 Å². The Morgan fingerprint density at radius 2 is 2.08 bits per heavy atom. The fourth-order valence-corrected chi connectivity index (χ4v) is 1.24. The zero-order valence-corrected chi connectivity index (χ0v) is 7.88. The lowest BCUT2D eigenvalue weighted by atomic mass is 10.00. The second-order valence-electron chi connectivity index (χ2n) is 3.12. The molecule has 2 unspecified atom stereocenters. The molecule has 3 heteroatoms. The molecule has 0 amide bonds. The smallest absolute Gasteiger partial charge is 0.373 e. The van der Waals surface area contributed by atoms with Crippen LogP contribution in [0.1, 0.15) is 20.8 Å². The van der Waals surface area contributed by atoms with Crippen LogP contribution in [0.25, 0.3) is 0 Å². The summed E-state index contributed by atoms with van der Waals surface area (Å²) in [6, 6.07) is 0. The van der Waals surface area contributed by atoms with Crippen LogP contribution in [0.5, 0.6) is 0 Å². The van der Waals surface area contributed by atoms with Gasteiger partial charge in [-0.2, -0.15) is 0 Å². The van der Waals surface area contributed by atoms with E-state index in [2.05, 4.69) is 4.74 Å². The van der Waals surface area contributed by atoms with Crippen LogP contribution < -0.4 is 0 Å². The van der Waals surface area contributed by atoms with Crippen molar-refractivity contribution in [2.75, 3.05) is 7.11 Å². The van der Waals surface area contributed by atoms with Gasteiger partial charge in [0.15, 0.2) is 0 Å². The first-order valence-electron chi connectivity index (χ1n) is 4.03. The van der Waals surface area contributed by atoms with E-state index in [-0.39, 0.29) is 12.1 Å². The Bertz CT molecular complexity index is 230. The van der Waals surface area contributed by atoms with Crippen LogP contribution in [0.15, 0.2) is 11.3 Å². The predicted octanol–water partition coefficient (Wildman–Crippen LogP) is 1.49. The number of rotatable bonds is 1. The van der Waals surface area contributed by atoms with E-state index in [9.17, 15) is 4.79 Å². The Hall–Kier alpha value is -0.990. The van der Waals surface area contributed by atoms with Crippen molar-refractivity contribution in [2.24, 2.45) is 5.92 Å². The first-order chi connectivity index (χ1) is 5.57. The largest absolute Gasteiger partial charge is 0.483 e. The highest BCUT2D eigenvalue weighted by molar-refractivity contribution is 5.87. The zero-order chi connectivity index (χ0) is 9.30. The molecule has 12 heavy (non-hydrogen) atoms. The SMILES string of the molecule is COC(=O)C1=C(C)C(C)C(C)O1. The maximum absolute atomic E-state index is 11.1. The fraction of sp³-hybridized carbons (Fsp3) is 0.667. The lowest BCUT2D eigenvalue weighted by Crippen LogP contribution is -2.11. The predicted molar refractivity (Wildman–Crippen MR) is 44.4 cm³/mol. The van der Waals surface area contributed by atoms with Crippen LogP contribution in [0.2, 0.25) is 0 Å². The van der Waals surface area contributed by atoms with Gasteiger partial charge in [0.1, 0.15) is 6.10 Å². The van der Waals surface area contributed by atoms with Gasteiger partial charge < -0.3 is 9.47 Å². The van der Waals surface area contributed by atoms with E-state index in [0.29, 0.717) is 11.7 Å². The van der Waals surface area contributed by atoms with Gasteiger partial charge in [0.05, 0.1) is 7.11 Å². The molecule has 0 radical (unpaired) electrons. The molecule has 1 rings (SSSR count). The summed E-state index contributed by atoms with van der Waals surface area (Å²) in [6.07, 6.45) is 0.0825. The van der Waals surface area contributed by atoms with Gasteiger partial charge in [0.2, 0.25) is 5.76 Å². The standard InChI is InChI=1S/C9H14O3/c1-5-6(2)8(9(10)11-4)12-7(5)3/h5,7H,1-4H3. The first kappa shape index (κ1) is 9.10. The Balaban J connectivity index is 2.85. The lowest BCUT2D eigenvalue weighted by molar-refractivity contribution is -0.140. The minimum Gasteiger partial charge on any atom is -0.483 e. The molecule has 0 bridgehead atoms. The van der Waals surface area contributed by atoms with Gasteiger partial charge >= 0.3 is 5.97 Å². The van der Waals surface area contributed by atoms with Gasteiger partial charge in [0, 0.05) is 5.92 Å². The Labute approximate surface area is 72.4 Å². The number of hydrogen-bond donors (Lipinski definition) is 0. The average molecular weight is 170 g/mol. The summed E-state index contributed by atoms with van der Waals surface area (Å²) in [6.45, 7) is 5.89. The van der Waals surface area contributed by atoms with E-state index < -0.39 is 0 Å². The van der Waals surface area contributed by atoms with Crippen molar-refractivity contribution in [1.29, 1.82) is 0 Å². The molecule has 3 nitrogen and oxygen atoms in total. The van der Waals surface area contributed by atoms with Gasteiger partial charge in [-0.05, 0) is 19.4 Å². The number of methoxy groups -OCH3 is 1. The average Bonchev–Trinajstić information content (AvgIpc) is 2.32. The number of esters is 1. The van der Waals surface area contributed by atoms with E-state index in [1.165, 1.54) is 7.11 Å². The molecule has 0 fully saturated rings. The molecule has 0 spiro atoms. The summed E-state index contributed by atoms with van der Waals surface area (Å²) in [5.41, 5.74) is 0.981. The molecule has 0 aliphatic carbocycles. The van der Waals surface area contributed by atoms with Crippen LogP contribution >= 0.6 is 0 Å². The molecule has 0 aromatic heterocycles. The van der Waals surface area contributed by atoms with Crippen molar-refractivity contribution in [3.05, 3.63) is 11.3 Å². The van der Waals surface area contributed by atoms with E-state index in [0.717, 1.165) is 5.57 Å². The normalized spacial score (nSPS) is 28.7. The number of ether oxygens (including phenoxy) is 2. The van der Waals surface area contributed by atoms with Gasteiger partial charge in [-0.1, -0.05) is 6.92 Å². The number of carbonyl (C=O) groups is 1. The zero-order valence-electron chi connectivity index (χ0n) is 7.88. The molecular weight excluding hydrogens is 156 g/mol. The third-order valence-corrected chi connectivity index (χ3v) is 2.42. The van der Waals surface area contributed by atoms with E-state index in [1.807, 2.05) is 20.8 Å². The quantitative estimate of drug-likeness (QED) is 0.559. The molecule has 0 aromatic rings. The van der Waals surface area contributed by atoms with Crippen LogP contribution in [0.3, 0.4) is 0 Å². The summed E-state index contributed by atoms with van der Waals surface area (Å²) in [4.78, 5) is 11.1. The Morgan fingerprint density at radius 1 is 1.50 bits per heavy atom. The van der Waals surface area contributed by atoms with Crippen LogP contribution in [0, 0.1) is 5.92 Å². The van der Waals surface area contributed by atoms with Crippen molar-refractivity contribution >= 4 is 5.97 Å². The van der Waals surface area contributed by atoms with E-state index in [4.69, 9.17) is 4.74 Å². The molecule has 1 heterocycles. The second kappa shape index (κ2) is 3.17. The van der Waals surface area contributed by atoms with Crippen LogP contribution in [0.4, 0.5) is 0 Å². The van der Waals surface area contributed by atoms with Gasteiger partial charge in [0.25, 0.3) is 0 Å². The van der Waals surface area contributed by atoms with Gasteiger partial charge in [-0.3, -0.25) is 0 Å². The maximum Gasteiger partial charge on any atom is 0.373 e. The van der Waals surface area contributed by atoms with E-state index in [1.54, 1.807) is 0 Å². The summed E-state index contributed by atoms with van der Waals surface area (Å²) in [5.74, 6) is 0.320. The van der Waals surface area contributed by atoms with Crippen LogP contribution in [-0.2, 0) is 14.3 Å². The third-order valence-electron chi connectivity index (χ3n) is 2.42. The maximum atomic E-state index is 11.1. The molecule has 0 saturated carbocycles. The highest BCUT2D eigenvalue weighted by Gasteiger charge is 2.31. The third kappa shape index (κ3) is 1.31. The highest BCUT2D eigenvalue weighted by atomic mass is 16.6.